The third kappa shape index (κ3) is 3.02. The van der Waals surface area contributed by atoms with E-state index in [0.29, 0.717) is 24.5 Å². The van der Waals surface area contributed by atoms with Gasteiger partial charge in [-0.1, -0.05) is 20.3 Å². The molecule has 1 aromatic carbocycles. The Morgan fingerprint density at radius 1 is 1.21 bits per heavy atom. The molecule has 132 valence electrons. The first-order valence-electron chi connectivity index (χ1n) is 8.33. The van der Waals surface area contributed by atoms with Gasteiger partial charge in [0.15, 0.2) is 0 Å². The molecule has 1 aromatic rings. The van der Waals surface area contributed by atoms with Gasteiger partial charge in [0.25, 0.3) is 0 Å². The van der Waals surface area contributed by atoms with Crippen LogP contribution in [0.3, 0.4) is 0 Å². The number of rotatable bonds is 4. The lowest BCUT2D eigenvalue weighted by Gasteiger charge is -2.26. The number of hydrogen-bond acceptors (Lipinski definition) is 4. The fourth-order valence-electron chi connectivity index (χ4n) is 3.70. The first kappa shape index (κ1) is 17.2. The van der Waals surface area contributed by atoms with Crippen molar-refractivity contribution in [3.8, 4) is 0 Å². The average Bonchev–Trinajstić information content (AvgIpc) is 2.78. The molecule has 2 heterocycles. The maximum atomic E-state index is 12.9. The summed E-state index contributed by atoms with van der Waals surface area (Å²) in [5, 5.41) is 9.08. The van der Waals surface area contributed by atoms with Gasteiger partial charge in [-0.2, -0.15) is 4.31 Å². The molecule has 24 heavy (non-hydrogen) atoms. The van der Waals surface area contributed by atoms with Crippen LogP contribution in [0.25, 0.3) is 0 Å². The second-order valence-corrected chi connectivity index (χ2v) is 9.22. The molecular formula is C17H24N2O4S. The van der Waals surface area contributed by atoms with Crippen LogP contribution in [-0.4, -0.2) is 50.0 Å². The summed E-state index contributed by atoms with van der Waals surface area (Å²) in [4.78, 5) is 13.2. The minimum Gasteiger partial charge on any atom is -0.480 e. The second kappa shape index (κ2) is 6.04. The monoisotopic (exact) mass is 352 g/mol. The molecule has 0 aliphatic carbocycles. The molecule has 0 saturated carbocycles. The van der Waals surface area contributed by atoms with Crippen LogP contribution in [0.5, 0.6) is 0 Å². The molecule has 1 fully saturated rings. The zero-order chi connectivity index (χ0) is 17.5. The lowest BCUT2D eigenvalue weighted by Crippen LogP contribution is -2.35. The molecular weight excluding hydrogens is 328 g/mol. The van der Waals surface area contributed by atoms with E-state index in [0.717, 1.165) is 30.5 Å². The zero-order valence-electron chi connectivity index (χ0n) is 14.2. The quantitative estimate of drug-likeness (QED) is 0.897. The summed E-state index contributed by atoms with van der Waals surface area (Å²) in [6.07, 6.45) is 2.89. The molecule has 0 unspecified atom stereocenters. The summed E-state index contributed by atoms with van der Waals surface area (Å²) >= 11 is 0. The van der Waals surface area contributed by atoms with Crippen LogP contribution in [0.2, 0.25) is 0 Å². The second-order valence-electron chi connectivity index (χ2n) is 7.28. The van der Waals surface area contributed by atoms with Gasteiger partial charge >= 0.3 is 5.97 Å². The molecule has 3 rings (SSSR count). The van der Waals surface area contributed by atoms with Crippen LogP contribution >= 0.6 is 0 Å². The van der Waals surface area contributed by atoms with Gasteiger partial charge in [-0.3, -0.25) is 4.79 Å². The lowest BCUT2D eigenvalue weighted by atomic mass is 9.87. The van der Waals surface area contributed by atoms with E-state index in [1.807, 2.05) is 13.8 Å². The highest BCUT2D eigenvalue weighted by Crippen LogP contribution is 2.41. The maximum absolute atomic E-state index is 12.9. The number of sulfonamides is 1. The van der Waals surface area contributed by atoms with Crippen molar-refractivity contribution in [3.05, 3.63) is 23.8 Å². The topological polar surface area (TPSA) is 77.9 Å². The Kier molecular flexibility index (Phi) is 4.34. The van der Waals surface area contributed by atoms with E-state index in [-0.39, 0.29) is 12.0 Å². The summed E-state index contributed by atoms with van der Waals surface area (Å²) in [5.41, 5.74) is 1.44. The number of hydrogen-bond donors (Lipinski definition) is 1. The molecule has 6 nitrogen and oxygen atoms in total. The van der Waals surface area contributed by atoms with E-state index >= 15 is 0 Å². The predicted octanol–water partition coefficient (Wildman–Crippen LogP) is 2.04. The Morgan fingerprint density at radius 3 is 2.50 bits per heavy atom. The third-order valence-corrected chi connectivity index (χ3v) is 6.80. The first-order valence-corrected chi connectivity index (χ1v) is 9.77. The van der Waals surface area contributed by atoms with Crippen molar-refractivity contribution in [2.75, 3.05) is 31.1 Å². The fourth-order valence-corrected chi connectivity index (χ4v) is 5.24. The van der Waals surface area contributed by atoms with Crippen LogP contribution < -0.4 is 4.90 Å². The summed E-state index contributed by atoms with van der Waals surface area (Å²) in [5.74, 6) is -0.885. The number of carbonyl (C=O) groups is 1. The summed E-state index contributed by atoms with van der Waals surface area (Å²) in [7, 11) is -3.48. The number of carboxylic acids is 1. The Hall–Kier alpha value is -1.60. The molecule has 7 heteroatoms. The molecule has 0 aromatic heterocycles. The highest BCUT2D eigenvalue weighted by molar-refractivity contribution is 7.89. The van der Waals surface area contributed by atoms with Crippen LogP contribution in [0, 0.1) is 0 Å². The Bertz CT molecular complexity index is 752. The van der Waals surface area contributed by atoms with Gasteiger partial charge in [-0.05, 0) is 36.6 Å². The normalized spacial score (nSPS) is 20.8. The molecule has 0 radical (unpaired) electrons. The van der Waals surface area contributed by atoms with E-state index < -0.39 is 16.0 Å². The van der Waals surface area contributed by atoms with Gasteiger partial charge in [0.1, 0.15) is 6.54 Å². The maximum Gasteiger partial charge on any atom is 0.323 e. The van der Waals surface area contributed by atoms with Crippen LogP contribution in [0.1, 0.15) is 38.7 Å². The van der Waals surface area contributed by atoms with Gasteiger partial charge in [-0.15, -0.1) is 0 Å². The van der Waals surface area contributed by atoms with Crippen molar-refractivity contribution in [3.63, 3.8) is 0 Å². The van der Waals surface area contributed by atoms with Crippen molar-refractivity contribution >= 4 is 21.7 Å². The summed E-state index contributed by atoms with van der Waals surface area (Å²) < 4.78 is 27.3. The zero-order valence-corrected chi connectivity index (χ0v) is 15.0. The lowest BCUT2D eigenvalue weighted by molar-refractivity contribution is -0.135. The summed E-state index contributed by atoms with van der Waals surface area (Å²) in [6.45, 7) is 5.69. The van der Waals surface area contributed by atoms with Gasteiger partial charge in [0.05, 0.1) is 4.90 Å². The van der Waals surface area contributed by atoms with Gasteiger partial charge in [0.2, 0.25) is 10.0 Å². The van der Waals surface area contributed by atoms with Crippen LogP contribution in [0.4, 0.5) is 5.69 Å². The molecule has 0 spiro atoms. The van der Waals surface area contributed by atoms with Crippen molar-refractivity contribution in [2.45, 2.75) is 43.4 Å². The largest absolute Gasteiger partial charge is 0.480 e. The molecule has 0 amide bonds. The summed E-state index contributed by atoms with van der Waals surface area (Å²) in [6, 6.07) is 5.10. The van der Waals surface area contributed by atoms with E-state index in [1.165, 1.54) is 0 Å². The molecule has 1 saturated heterocycles. The minimum absolute atomic E-state index is 0.0748. The minimum atomic E-state index is -3.48. The third-order valence-electron chi connectivity index (χ3n) is 4.90. The molecule has 2 aliphatic rings. The fraction of sp³-hybridized carbons (Fsp3) is 0.588. The number of benzene rings is 1. The number of carboxylic acid groups (broad SMARTS) is 1. The van der Waals surface area contributed by atoms with Crippen molar-refractivity contribution in [1.29, 1.82) is 0 Å². The highest BCUT2D eigenvalue weighted by atomic mass is 32.2. The van der Waals surface area contributed by atoms with Crippen LogP contribution in [0.15, 0.2) is 23.1 Å². The smallest absolute Gasteiger partial charge is 0.323 e. The standard InChI is InChI=1S/C17H24N2O4S/c1-17(2)12-18(11-16(20)21)15-7-6-13(10-14(15)17)24(22,23)19-8-4-3-5-9-19/h6-7,10H,3-5,8-9,11-12H2,1-2H3,(H,20,21). The number of piperidine rings is 1. The molecule has 2 aliphatic heterocycles. The van der Waals surface area contributed by atoms with Crippen LogP contribution in [-0.2, 0) is 20.2 Å². The molecule has 0 atom stereocenters. The number of fused-ring (bicyclic) bond motifs is 1. The molecule has 1 N–H and O–H groups in total. The number of anilines is 1. The van der Waals surface area contributed by atoms with Crippen molar-refractivity contribution in [2.24, 2.45) is 0 Å². The van der Waals surface area contributed by atoms with Crippen molar-refractivity contribution < 1.29 is 18.3 Å². The Balaban J connectivity index is 1.97. The average molecular weight is 352 g/mol. The first-order chi connectivity index (χ1) is 11.2. The Labute approximate surface area is 143 Å². The number of aliphatic carboxylic acids is 1. The number of nitrogens with zero attached hydrogens (tertiary/aromatic N) is 2. The van der Waals surface area contributed by atoms with E-state index in [2.05, 4.69) is 0 Å². The van der Waals surface area contributed by atoms with Crippen molar-refractivity contribution in [1.82, 2.24) is 4.31 Å². The SMILES string of the molecule is CC1(C)CN(CC(=O)O)c2ccc(S(=O)(=O)N3CCCCC3)cc21. The molecule has 0 bridgehead atoms. The highest BCUT2D eigenvalue weighted by Gasteiger charge is 2.37. The van der Waals surface area contributed by atoms with E-state index in [4.69, 9.17) is 5.11 Å². The Morgan fingerprint density at radius 2 is 1.88 bits per heavy atom. The van der Waals surface area contributed by atoms with E-state index in [1.54, 1.807) is 27.4 Å². The van der Waals surface area contributed by atoms with Gasteiger partial charge in [-0.25, -0.2) is 8.42 Å². The van der Waals surface area contributed by atoms with E-state index in [9.17, 15) is 13.2 Å². The van der Waals surface area contributed by atoms with Gasteiger partial charge < -0.3 is 10.0 Å². The predicted molar refractivity (Wildman–Crippen MR) is 91.9 cm³/mol. The van der Waals surface area contributed by atoms with Gasteiger partial charge in [0, 0.05) is 30.7 Å².